The molecule has 1 aromatic rings. The molecule has 0 unspecified atom stereocenters. The summed E-state index contributed by atoms with van der Waals surface area (Å²) in [7, 11) is -3.75. The van der Waals surface area contributed by atoms with Crippen LogP contribution in [0.1, 0.15) is 0 Å². The molecule has 0 radical (unpaired) electrons. The first kappa shape index (κ1) is 14.1. The predicted octanol–water partition coefficient (Wildman–Crippen LogP) is 0.904. The van der Waals surface area contributed by atoms with Gasteiger partial charge >= 0.3 is 0 Å². The van der Waals surface area contributed by atoms with Crippen LogP contribution in [-0.2, 0) is 10.0 Å². The Labute approximate surface area is 105 Å². The zero-order valence-electron chi connectivity index (χ0n) is 9.08. The molecule has 1 rings (SSSR count). The first-order valence-electron chi connectivity index (χ1n) is 4.86. The van der Waals surface area contributed by atoms with E-state index in [2.05, 4.69) is 11.6 Å². The number of aliphatic hydroxyl groups excluding tert-OH is 1. The van der Waals surface area contributed by atoms with E-state index >= 15 is 0 Å². The molecule has 0 saturated heterocycles. The molecule has 0 aliphatic heterocycles. The van der Waals surface area contributed by atoms with Crippen molar-refractivity contribution in [2.75, 3.05) is 19.7 Å². The Balaban J connectivity index is 3.16. The molecule has 17 heavy (non-hydrogen) atoms. The summed E-state index contributed by atoms with van der Waals surface area (Å²) < 4.78 is 25.4. The van der Waals surface area contributed by atoms with Crippen molar-refractivity contribution in [1.82, 2.24) is 9.29 Å². The smallest absolute Gasteiger partial charge is 0.246 e. The van der Waals surface area contributed by atoms with Crippen molar-refractivity contribution in [3.63, 3.8) is 0 Å². The first-order valence-corrected chi connectivity index (χ1v) is 6.68. The van der Waals surface area contributed by atoms with E-state index in [0.29, 0.717) is 0 Å². The van der Waals surface area contributed by atoms with Gasteiger partial charge in [0.1, 0.15) is 10.0 Å². The van der Waals surface area contributed by atoms with Crippen LogP contribution in [0.15, 0.2) is 35.9 Å². The molecule has 0 aromatic carbocycles. The molecule has 0 aliphatic carbocycles. The van der Waals surface area contributed by atoms with Crippen molar-refractivity contribution in [1.29, 1.82) is 0 Å². The highest BCUT2D eigenvalue weighted by atomic mass is 35.5. The number of pyridine rings is 1. The third-order valence-electron chi connectivity index (χ3n) is 2.02. The second-order valence-electron chi connectivity index (χ2n) is 3.17. The van der Waals surface area contributed by atoms with Gasteiger partial charge in [0, 0.05) is 19.3 Å². The van der Waals surface area contributed by atoms with Gasteiger partial charge in [-0.2, -0.15) is 4.31 Å². The highest BCUT2D eigenvalue weighted by Gasteiger charge is 2.25. The normalized spacial score (nSPS) is 11.7. The van der Waals surface area contributed by atoms with E-state index in [1.54, 1.807) is 0 Å². The molecule has 94 valence electrons. The molecule has 7 heteroatoms. The largest absolute Gasteiger partial charge is 0.395 e. The Bertz CT molecular complexity index is 490. The van der Waals surface area contributed by atoms with Crippen LogP contribution in [0, 0.1) is 0 Å². The Morgan fingerprint density at radius 2 is 2.29 bits per heavy atom. The molecule has 1 aromatic heterocycles. The van der Waals surface area contributed by atoms with E-state index in [4.69, 9.17) is 16.7 Å². The fourth-order valence-electron chi connectivity index (χ4n) is 1.27. The van der Waals surface area contributed by atoms with E-state index in [0.717, 1.165) is 4.31 Å². The SMILES string of the molecule is C=CCN(CCO)S(=O)(=O)c1cccnc1Cl. The summed E-state index contributed by atoms with van der Waals surface area (Å²) >= 11 is 5.75. The third kappa shape index (κ3) is 3.26. The quantitative estimate of drug-likeness (QED) is 0.619. The lowest BCUT2D eigenvalue weighted by Gasteiger charge is -2.19. The number of sulfonamides is 1. The molecule has 0 atom stereocenters. The van der Waals surface area contributed by atoms with Crippen LogP contribution in [-0.4, -0.2) is 42.5 Å². The van der Waals surface area contributed by atoms with Gasteiger partial charge in [-0.15, -0.1) is 6.58 Å². The highest BCUT2D eigenvalue weighted by Crippen LogP contribution is 2.21. The van der Waals surface area contributed by atoms with Crippen LogP contribution in [0.25, 0.3) is 0 Å². The number of rotatable bonds is 6. The topological polar surface area (TPSA) is 70.5 Å². The number of aliphatic hydroxyl groups is 1. The summed E-state index contributed by atoms with van der Waals surface area (Å²) in [5.41, 5.74) is 0. The maximum absolute atomic E-state index is 12.2. The minimum Gasteiger partial charge on any atom is -0.395 e. The molecule has 1 heterocycles. The molecule has 0 saturated carbocycles. The van der Waals surface area contributed by atoms with E-state index in [1.165, 1.54) is 24.4 Å². The van der Waals surface area contributed by atoms with Gasteiger partial charge in [0.15, 0.2) is 0 Å². The summed E-state index contributed by atoms with van der Waals surface area (Å²) in [6.07, 6.45) is 2.85. The van der Waals surface area contributed by atoms with Gasteiger partial charge in [0.25, 0.3) is 0 Å². The lowest BCUT2D eigenvalue weighted by atomic mass is 10.5. The van der Waals surface area contributed by atoms with Gasteiger partial charge in [-0.3, -0.25) is 0 Å². The zero-order chi connectivity index (χ0) is 12.9. The molecule has 5 nitrogen and oxygen atoms in total. The molecular formula is C10H13ClN2O3S. The number of hydrogen-bond acceptors (Lipinski definition) is 4. The minimum absolute atomic E-state index is 0.0143. The number of nitrogens with zero attached hydrogens (tertiary/aromatic N) is 2. The lowest BCUT2D eigenvalue weighted by molar-refractivity contribution is 0.260. The zero-order valence-corrected chi connectivity index (χ0v) is 10.7. The second kappa shape index (κ2) is 6.11. The van der Waals surface area contributed by atoms with E-state index in [1.807, 2.05) is 0 Å². The van der Waals surface area contributed by atoms with Crippen LogP contribution in [0.4, 0.5) is 0 Å². The van der Waals surface area contributed by atoms with Gasteiger partial charge in [-0.25, -0.2) is 13.4 Å². The van der Waals surface area contributed by atoms with Crippen LogP contribution in [0.2, 0.25) is 5.15 Å². The fourth-order valence-corrected chi connectivity index (χ4v) is 3.10. The molecule has 0 aliphatic rings. The maximum atomic E-state index is 12.2. The van der Waals surface area contributed by atoms with Gasteiger partial charge in [-0.05, 0) is 12.1 Å². The summed E-state index contributed by atoms with van der Waals surface area (Å²) in [5, 5.41) is 8.77. The van der Waals surface area contributed by atoms with E-state index in [9.17, 15) is 8.42 Å². The average Bonchev–Trinajstić information content (AvgIpc) is 2.29. The summed E-state index contributed by atoms with van der Waals surface area (Å²) in [5.74, 6) is 0. The number of hydrogen-bond donors (Lipinski definition) is 1. The lowest BCUT2D eigenvalue weighted by Crippen LogP contribution is -2.34. The van der Waals surface area contributed by atoms with Crippen molar-refractivity contribution >= 4 is 21.6 Å². The molecular weight excluding hydrogens is 264 g/mol. The van der Waals surface area contributed by atoms with Gasteiger partial charge in [-0.1, -0.05) is 17.7 Å². The van der Waals surface area contributed by atoms with E-state index in [-0.39, 0.29) is 29.7 Å². The third-order valence-corrected chi connectivity index (χ3v) is 4.33. The summed E-state index contributed by atoms with van der Waals surface area (Å²) in [4.78, 5) is 3.65. The molecule has 0 amide bonds. The maximum Gasteiger partial charge on any atom is 0.246 e. The molecule has 0 bridgehead atoms. The van der Waals surface area contributed by atoms with Gasteiger partial charge in [0.2, 0.25) is 10.0 Å². The van der Waals surface area contributed by atoms with Crippen molar-refractivity contribution < 1.29 is 13.5 Å². The monoisotopic (exact) mass is 276 g/mol. The highest BCUT2D eigenvalue weighted by molar-refractivity contribution is 7.89. The Morgan fingerprint density at radius 1 is 1.59 bits per heavy atom. The Morgan fingerprint density at radius 3 is 2.82 bits per heavy atom. The van der Waals surface area contributed by atoms with Gasteiger partial charge in [0.05, 0.1) is 6.61 Å². The van der Waals surface area contributed by atoms with Crippen molar-refractivity contribution in [3.05, 3.63) is 36.1 Å². The minimum atomic E-state index is -3.75. The molecule has 0 spiro atoms. The van der Waals surface area contributed by atoms with Crippen LogP contribution in [0.5, 0.6) is 0 Å². The van der Waals surface area contributed by atoms with Gasteiger partial charge < -0.3 is 5.11 Å². The van der Waals surface area contributed by atoms with Crippen LogP contribution >= 0.6 is 11.6 Å². The molecule has 0 fully saturated rings. The van der Waals surface area contributed by atoms with Crippen molar-refractivity contribution in [2.24, 2.45) is 0 Å². The number of halogens is 1. The van der Waals surface area contributed by atoms with E-state index < -0.39 is 10.0 Å². The summed E-state index contributed by atoms with van der Waals surface area (Å²) in [6, 6.07) is 2.86. The average molecular weight is 277 g/mol. The molecule has 1 N–H and O–H groups in total. The van der Waals surface area contributed by atoms with Crippen LogP contribution in [0.3, 0.4) is 0 Å². The first-order chi connectivity index (χ1) is 8.04. The fraction of sp³-hybridized carbons (Fsp3) is 0.300. The Kier molecular flexibility index (Phi) is 5.07. The Hall–Kier alpha value is -0.950. The van der Waals surface area contributed by atoms with Crippen molar-refractivity contribution in [3.8, 4) is 0 Å². The summed E-state index contributed by atoms with van der Waals surface area (Å²) in [6.45, 7) is 3.29. The second-order valence-corrected chi connectivity index (χ2v) is 5.43. The number of aromatic nitrogens is 1. The standard InChI is InChI=1S/C10H13ClN2O3S/c1-2-6-13(7-8-14)17(15,16)9-4-3-5-12-10(9)11/h2-5,14H,1,6-8H2. The van der Waals surface area contributed by atoms with Crippen LogP contribution < -0.4 is 0 Å². The van der Waals surface area contributed by atoms with Crippen molar-refractivity contribution in [2.45, 2.75) is 4.90 Å². The predicted molar refractivity (Wildman–Crippen MR) is 65.3 cm³/mol.